The maximum Gasteiger partial charge on any atom is 0.127 e. The number of hydrogen-bond acceptors (Lipinski definition) is 1. The fourth-order valence-electron chi connectivity index (χ4n) is 2.03. The highest BCUT2D eigenvalue weighted by Gasteiger charge is 2.16. The van der Waals surface area contributed by atoms with Gasteiger partial charge in [-0.25, -0.2) is 4.39 Å². The molecule has 2 aromatic carbocycles. The first-order valence-electron chi connectivity index (χ1n) is 5.87. The largest absolute Gasteiger partial charge is 0.320 e. The standard InChI is InChI=1S/C15H14BrClFN/c1-8-3-4-10(16)6-11(8)15(19)12-5-9(2)14(18)7-13(12)17/h3-7,15H,19H2,1-2H3. The second-order valence-electron chi connectivity index (χ2n) is 4.60. The molecule has 0 aliphatic rings. The molecule has 2 rings (SSSR count). The maximum atomic E-state index is 13.4. The second kappa shape index (κ2) is 5.61. The topological polar surface area (TPSA) is 26.0 Å². The number of halogens is 3. The molecular weight excluding hydrogens is 329 g/mol. The van der Waals surface area contributed by atoms with Gasteiger partial charge in [0.2, 0.25) is 0 Å². The number of benzene rings is 2. The fourth-order valence-corrected chi connectivity index (χ4v) is 2.68. The molecule has 1 nitrogen and oxygen atoms in total. The first-order chi connectivity index (χ1) is 8.90. The summed E-state index contributed by atoms with van der Waals surface area (Å²) in [5.41, 5.74) is 9.61. The molecule has 0 amide bonds. The van der Waals surface area contributed by atoms with Gasteiger partial charge >= 0.3 is 0 Å². The van der Waals surface area contributed by atoms with Gasteiger partial charge in [0.1, 0.15) is 5.82 Å². The molecule has 0 aliphatic carbocycles. The van der Waals surface area contributed by atoms with Crippen LogP contribution >= 0.6 is 27.5 Å². The second-order valence-corrected chi connectivity index (χ2v) is 5.92. The van der Waals surface area contributed by atoms with E-state index in [9.17, 15) is 4.39 Å². The van der Waals surface area contributed by atoms with Crippen LogP contribution in [0.4, 0.5) is 4.39 Å². The molecule has 0 spiro atoms. The summed E-state index contributed by atoms with van der Waals surface area (Å²) in [6.45, 7) is 3.70. The van der Waals surface area contributed by atoms with E-state index < -0.39 is 0 Å². The van der Waals surface area contributed by atoms with E-state index in [2.05, 4.69) is 15.9 Å². The molecule has 0 saturated heterocycles. The van der Waals surface area contributed by atoms with Crippen molar-refractivity contribution in [1.29, 1.82) is 0 Å². The lowest BCUT2D eigenvalue weighted by Crippen LogP contribution is -2.14. The van der Waals surface area contributed by atoms with Gasteiger partial charge in [0.25, 0.3) is 0 Å². The number of rotatable bonds is 2. The molecule has 19 heavy (non-hydrogen) atoms. The van der Waals surface area contributed by atoms with Crippen molar-refractivity contribution in [2.75, 3.05) is 0 Å². The number of aryl methyl sites for hydroxylation is 2. The molecule has 100 valence electrons. The Hall–Kier alpha value is -0.900. The minimum atomic E-state index is -0.371. The van der Waals surface area contributed by atoms with Crippen LogP contribution in [0.3, 0.4) is 0 Å². The van der Waals surface area contributed by atoms with Crippen molar-refractivity contribution in [3.8, 4) is 0 Å². The van der Waals surface area contributed by atoms with Gasteiger partial charge in [0, 0.05) is 9.50 Å². The van der Waals surface area contributed by atoms with Gasteiger partial charge in [-0.2, -0.15) is 0 Å². The minimum Gasteiger partial charge on any atom is -0.320 e. The Balaban J connectivity index is 2.52. The predicted octanol–water partition coefficient (Wildman–Crippen LogP) is 4.91. The van der Waals surface area contributed by atoms with Gasteiger partial charge in [-0.05, 0) is 60.4 Å². The van der Waals surface area contributed by atoms with Crippen molar-refractivity contribution < 1.29 is 4.39 Å². The minimum absolute atomic E-state index is 0.313. The highest BCUT2D eigenvalue weighted by atomic mass is 79.9. The molecule has 0 fully saturated rings. The van der Waals surface area contributed by atoms with E-state index in [1.165, 1.54) is 6.07 Å². The maximum absolute atomic E-state index is 13.4. The van der Waals surface area contributed by atoms with Crippen molar-refractivity contribution in [2.45, 2.75) is 19.9 Å². The average molecular weight is 343 g/mol. The van der Waals surface area contributed by atoms with E-state index in [-0.39, 0.29) is 11.9 Å². The lowest BCUT2D eigenvalue weighted by atomic mass is 9.94. The van der Waals surface area contributed by atoms with E-state index in [4.69, 9.17) is 17.3 Å². The van der Waals surface area contributed by atoms with E-state index in [1.807, 2.05) is 25.1 Å². The quantitative estimate of drug-likeness (QED) is 0.825. The monoisotopic (exact) mass is 341 g/mol. The number of nitrogens with two attached hydrogens (primary N) is 1. The van der Waals surface area contributed by atoms with Crippen LogP contribution in [0.2, 0.25) is 5.02 Å². The van der Waals surface area contributed by atoms with Gasteiger partial charge in [-0.1, -0.05) is 33.6 Å². The van der Waals surface area contributed by atoms with E-state index in [0.717, 1.165) is 21.2 Å². The summed E-state index contributed by atoms with van der Waals surface area (Å²) in [7, 11) is 0. The first-order valence-corrected chi connectivity index (χ1v) is 7.04. The Morgan fingerprint density at radius 3 is 2.47 bits per heavy atom. The number of hydrogen-bond donors (Lipinski definition) is 1. The molecule has 1 atom stereocenters. The van der Waals surface area contributed by atoms with Crippen molar-refractivity contribution in [3.05, 3.63) is 67.9 Å². The molecule has 1 unspecified atom stereocenters. The third kappa shape index (κ3) is 2.99. The SMILES string of the molecule is Cc1cc(C(N)c2cc(Br)ccc2C)c(Cl)cc1F. The summed E-state index contributed by atoms with van der Waals surface area (Å²) in [4.78, 5) is 0. The Labute approximate surface area is 125 Å². The van der Waals surface area contributed by atoms with E-state index in [0.29, 0.717) is 10.6 Å². The molecule has 2 aromatic rings. The van der Waals surface area contributed by atoms with Gasteiger partial charge in [0.05, 0.1) is 6.04 Å². The molecule has 2 N–H and O–H groups in total. The zero-order valence-electron chi connectivity index (χ0n) is 10.7. The van der Waals surface area contributed by atoms with Gasteiger partial charge in [0.15, 0.2) is 0 Å². The van der Waals surface area contributed by atoms with Crippen LogP contribution in [0.25, 0.3) is 0 Å². The predicted molar refractivity (Wildman–Crippen MR) is 81.1 cm³/mol. The van der Waals surface area contributed by atoms with Crippen LogP contribution < -0.4 is 5.73 Å². The highest BCUT2D eigenvalue weighted by Crippen LogP contribution is 2.31. The molecule has 4 heteroatoms. The normalized spacial score (nSPS) is 12.5. The van der Waals surface area contributed by atoms with Gasteiger partial charge in [-0.3, -0.25) is 0 Å². The first kappa shape index (κ1) is 14.5. The fraction of sp³-hybridized carbons (Fsp3) is 0.200. The lowest BCUT2D eigenvalue weighted by Gasteiger charge is -2.18. The van der Waals surface area contributed by atoms with Crippen LogP contribution in [0, 0.1) is 19.7 Å². The highest BCUT2D eigenvalue weighted by molar-refractivity contribution is 9.10. The van der Waals surface area contributed by atoms with Crippen LogP contribution in [-0.4, -0.2) is 0 Å². The Bertz CT molecular complexity index is 628. The summed E-state index contributed by atoms with van der Waals surface area (Å²) in [6.07, 6.45) is 0. The summed E-state index contributed by atoms with van der Waals surface area (Å²) < 4.78 is 14.4. The van der Waals surface area contributed by atoms with Gasteiger partial charge < -0.3 is 5.73 Å². The summed E-state index contributed by atoms with van der Waals surface area (Å²) >= 11 is 9.54. The summed E-state index contributed by atoms with van der Waals surface area (Å²) in [5.74, 6) is -0.313. The Morgan fingerprint density at radius 2 is 1.79 bits per heavy atom. The average Bonchev–Trinajstić information content (AvgIpc) is 2.36. The van der Waals surface area contributed by atoms with Crippen LogP contribution in [-0.2, 0) is 0 Å². The van der Waals surface area contributed by atoms with Crippen LogP contribution in [0.15, 0.2) is 34.8 Å². The van der Waals surface area contributed by atoms with Crippen LogP contribution in [0.5, 0.6) is 0 Å². The summed E-state index contributed by atoms with van der Waals surface area (Å²) in [6, 6.07) is 8.58. The zero-order valence-corrected chi connectivity index (χ0v) is 13.0. The lowest BCUT2D eigenvalue weighted by molar-refractivity contribution is 0.617. The molecule has 0 saturated carbocycles. The third-order valence-electron chi connectivity index (χ3n) is 3.19. The Kier molecular flexibility index (Phi) is 4.29. The van der Waals surface area contributed by atoms with Gasteiger partial charge in [-0.15, -0.1) is 0 Å². The molecule has 0 radical (unpaired) electrons. The molecular formula is C15H14BrClFN. The molecule has 0 heterocycles. The van der Waals surface area contributed by atoms with Crippen molar-refractivity contribution in [1.82, 2.24) is 0 Å². The van der Waals surface area contributed by atoms with Crippen LogP contribution in [0.1, 0.15) is 28.3 Å². The zero-order chi connectivity index (χ0) is 14.2. The smallest absolute Gasteiger partial charge is 0.127 e. The third-order valence-corrected chi connectivity index (χ3v) is 4.01. The Morgan fingerprint density at radius 1 is 1.11 bits per heavy atom. The summed E-state index contributed by atoms with van der Waals surface area (Å²) in [5, 5.41) is 0.356. The van der Waals surface area contributed by atoms with E-state index in [1.54, 1.807) is 13.0 Å². The molecule has 0 aliphatic heterocycles. The van der Waals surface area contributed by atoms with E-state index >= 15 is 0 Å². The van der Waals surface area contributed by atoms with Crippen molar-refractivity contribution in [3.63, 3.8) is 0 Å². The van der Waals surface area contributed by atoms with Crippen molar-refractivity contribution in [2.24, 2.45) is 5.73 Å². The molecule has 0 bridgehead atoms. The van der Waals surface area contributed by atoms with Crippen molar-refractivity contribution >= 4 is 27.5 Å². The molecule has 0 aromatic heterocycles.